The van der Waals surface area contributed by atoms with Crippen molar-refractivity contribution in [2.24, 2.45) is 15.4 Å². The zero-order valence-electron chi connectivity index (χ0n) is 17.4. The summed E-state index contributed by atoms with van der Waals surface area (Å²) in [6.07, 6.45) is 0. The molecule has 0 aliphatic rings. The van der Waals surface area contributed by atoms with Gasteiger partial charge in [0.1, 0.15) is 6.07 Å². The summed E-state index contributed by atoms with van der Waals surface area (Å²) in [4.78, 5) is 17.5. The van der Waals surface area contributed by atoms with E-state index in [0.29, 0.717) is 0 Å². The van der Waals surface area contributed by atoms with E-state index in [1.807, 2.05) is 97.1 Å². The molecule has 0 saturated heterocycles. The van der Waals surface area contributed by atoms with Gasteiger partial charge in [0.05, 0.1) is 7.05 Å². The topological polar surface area (TPSA) is 65.6 Å². The van der Waals surface area contributed by atoms with Crippen LogP contribution in [0.3, 0.4) is 0 Å². The largest absolute Gasteiger partial charge is 0.291 e. The second kappa shape index (κ2) is 9.03. The Labute approximate surface area is 178 Å². The molecule has 150 valence electrons. The second-order valence-corrected chi connectivity index (χ2v) is 10.9. The predicted molar refractivity (Wildman–Crippen MR) is 125 cm³/mol. The Balaban J connectivity index is 2.40. The summed E-state index contributed by atoms with van der Waals surface area (Å²) in [5, 5.41) is 16.9. The van der Waals surface area contributed by atoms with E-state index >= 15 is 0 Å². The van der Waals surface area contributed by atoms with E-state index in [0.717, 1.165) is 15.9 Å². The Morgan fingerprint density at radius 3 is 1.43 bits per heavy atom. The summed E-state index contributed by atoms with van der Waals surface area (Å²) in [5.74, 6) is -0.318. The molecule has 0 radical (unpaired) electrons. The summed E-state index contributed by atoms with van der Waals surface area (Å²) < 4.78 is 0. The molecule has 0 heterocycles. The minimum atomic E-state index is -2.58. The smallest absolute Gasteiger partial charge is 0.206 e. The van der Waals surface area contributed by atoms with Gasteiger partial charge in [-0.3, -0.25) is 4.79 Å². The number of carbonyl (C=O) groups is 1. The van der Waals surface area contributed by atoms with E-state index < -0.39 is 12.5 Å². The van der Waals surface area contributed by atoms with E-state index in [4.69, 9.17) is 4.85 Å². The van der Waals surface area contributed by atoms with Gasteiger partial charge in [0, 0.05) is 21.3 Å². The normalized spacial score (nSPS) is 12.1. The molecule has 0 fully saturated rings. The van der Waals surface area contributed by atoms with Crippen LogP contribution in [-0.4, -0.2) is 11.5 Å². The zero-order valence-corrected chi connectivity index (χ0v) is 18.3. The molecule has 5 heteroatoms. The van der Waals surface area contributed by atoms with Crippen LogP contribution < -0.4 is 15.9 Å². The van der Waals surface area contributed by atoms with E-state index in [9.17, 15) is 10.1 Å². The van der Waals surface area contributed by atoms with Crippen molar-refractivity contribution in [3.05, 3.63) is 91.0 Å². The molecule has 0 aromatic heterocycles. The molecule has 4 nitrogen and oxygen atoms in total. The van der Waals surface area contributed by atoms with Gasteiger partial charge in [-0.15, -0.1) is 5.10 Å². The lowest BCUT2D eigenvalue weighted by Crippen LogP contribution is -2.28. The summed E-state index contributed by atoms with van der Waals surface area (Å²) in [5.41, 5.74) is -0.882. The summed E-state index contributed by atoms with van der Waals surface area (Å²) in [6, 6.07) is 31.9. The van der Waals surface area contributed by atoms with Crippen LogP contribution in [0.2, 0.25) is 0 Å². The Bertz CT molecular complexity index is 1040. The molecule has 0 aliphatic heterocycles. The van der Waals surface area contributed by atoms with E-state index in [2.05, 4.69) is 5.10 Å². The number of nitriles is 1. The number of ketones is 1. The molecular formula is C25H24N3OP. The lowest BCUT2D eigenvalue weighted by molar-refractivity contribution is -0.119. The van der Waals surface area contributed by atoms with Gasteiger partial charge in [0.2, 0.25) is 5.71 Å². The SMILES string of the molecule is CC(C)(C)C(=O)/C(C#N)=N\N=P(c1ccccc1)(c1ccccc1)c1ccccc1. The van der Waals surface area contributed by atoms with Crippen molar-refractivity contribution in [2.45, 2.75) is 20.8 Å². The monoisotopic (exact) mass is 413 g/mol. The molecule has 30 heavy (non-hydrogen) atoms. The van der Waals surface area contributed by atoms with Crippen LogP contribution in [0.4, 0.5) is 0 Å². The van der Waals surface area contributed by atoms with E-state index in [1.54, 1.807) is 20.8 Å². The lowest BCUT2D eigenvalue weighted by Gasteiger charge is -2.25. The highest BCUT2D eigenvalue weighted by atomic mass is 31.2. The third-order valence-electron chi connectivity index (χ3n) is 4.67. The Kier molecular flexibility index (Phi) is 6.45. The second-order valence-electron chi connectivity index (χ2n) is 7.87. The van der Waals surface area contributed by atoms with Crippen LogP contribution in [0.15, 0.2) is 101 Å². The number of carbonyl (C=O) groups excluding carboxylic acids is 1. The number of Topliss-reactive ketones (excluding diaryl/α,β-unsaturated/α-hetero) is 1. The van der Waals surface area contributed by atoms with Crippen LogP contribution in [-0.2, 0) is 4.79 Å². The number of nitrogens with zero attached hydrogens (tertiary/aromatic N) is 3. The quantitative estimate of drug-likeness (QED) is 0.347. The molecule has 0 amide bonds. The van der Waals surface area contributed by atoms with Crippen LogP contribution in [0.1, 0.15) is 20.8 Å². The molecule has 0 aliphatic carbocycles. The fourth-order valence-electron chi connectivity index (χ4n) is 3.12. The minimum Gasteiger partial charge on any atom is -0.291 e. The van der Waals surface area contributed by atoms with Crippen LogP contribution in [0, 0.1) is 16.7 Å². The van der Waals surface area contributed by atoms with Gasteiger partial charge >= 0.3 is 0 Å². The van der Waals surface area contributed by atoms with Crippen molar-refractivity contribution in [2.75, 3.05) is 0 Å². The molecular weight excluding hydrogens is 389 g/mol. The Hall–Kier alpha value is -3.28. The van der Waals surface area contributed by atoms with Gasteiger partial charge in [-0.1, -0.05) is 112 Å². The first-order chi connectivity index (χ1) is 14.4. The van der Waals surface area contributed by atoms with Gasteiger partial charge in [-0.2, -0.15) is 10.1 Å². The molecule has 3 aromatic carbocycles. The Morgan fingerprint density at radius 2 is 1.13 bits per heavy atom. The zero-order chi connectivity index (χ0) is 21.6. The maximum absolute atomic E-state index is 12.7. The van der Waals surface area contributed by atoms with Gasteiger partial charge in [-0.05, 0) is 0 Å². The highest BCUT2D eigenvalue weighted by Gasteiger charge is 2.30. The lowest BCUT2D eigenvalue weighted by atomic mass is 9.88. The molecule has 0 atom stereocenters. The summed E-state index contributed by atoms with van der Waals surface area (Å²) in [6.45, 7) is 5.32. The highest BCUT2D eigenvalue weighted by molar-refractivity contribution is 7.87. The van der Waals surface area contributed by atoms with E-state index in [-0.39, 0.29) is 11.5 Å². The average molecular weight is 413 g/mol. The van der Waals surface area contributed by atoms with Crippen molar-refractivity contribution in [1.82, 2.24) is 0 Å². The van der Waals surface area contributed by atoms with Gasteiger partial charge in [0.25, 0.3) is 0 Å². The highest BCUT2D eigenvalue weighted by Crippen LogP contribution is 2.46. The van der Waals surface area contributed by atoms with Crippen LogP contribution in [0.25, 0.3) is 0 Å². The molecule has 0 unspecified atom stereocenters. The summed E-state index contributed by atoms with van der Waals surface area (Å²) >= 11 is 0. The maximum Gasteiger partial charge on any atom is 0.206 e. The van der Waals surface area contributed by atoms with Gasteiger partial charge in [-0.25, -0.2) is 0 Å². The molecule has 3 rings (SSSR count). The third-order valence-corrected chi connectivity index (χ3v) is 8.16. The fourth-order valence-corrected chi connectivity index (χ4v) is 6.36. The first-order valence-corrected chi connectivity index (χ1v) is 11.4. The number of hydrogen-bond donors (Lipinski definition) is 0. The van der Waals surface area contributed by atoms with Crippen molar-refractivity contribution in [1.29, 1.82) is 5.26 Å². The summed E-state index contributed by atoms with van der Waals surface area (Å²) in [7, 11) is -2.58. The first-order valence-electron chi connectivity index (χ1n) is 9.70. The average Bonchev–Trinajstić information content (AvgIpc) is 2.78. The number of rotatable bonds is 5. The predicted octanol–water partition coefficient (Wildman–Crippen LogP) is 4.66. The molecule has 3 aromatic rings. The fraction of sp³-hybridized carbons (Fsp3) is 0.160. The standard InChI is InChI=1S/C25H24N3OP/c1-25(2,3)24(29)23(19-26)27-28-30(20-13-7-4-8-14-20,21-15-9-5-10-16-21)22-17-11-6-12-18-22/h4-18H,1-3H3/b27-23-. The molecule has 0 spiro atoms. The molecule has 0 bridgehead atoms. The van der Waals surface area contributed by atoms with Crippen LogP contribution >= 0.6 is 7.05 Å². The number of hydrogen-bond acceptors (Lipinski definition) is 3. The van der Waals surface area contributed by atoms with Gasteiger partial charge in [0.15, 0.2) is 5.78 Å². The molecule has 0 N–H and O–H groups in total. The van der Waals surface area contributed by atoms with Gasteiger partial charge < -0.3 is 0 Å². The Morgan fingerprint density at radius 1 is 0.767 bits per heavy atom. The van der Waals surface area contributed by atoms with Crippen molar-refractivity contribution >= 4 is 34.5 Å². The minimum absolute atomic E-state index is 0.172. The van der Waals surface area contributed by atoms with Crippen molar-refractivity contribution < 1.29 is 4.79 Å². The van der Waals surface area contributed by atoms with Crippen molar-refractivity contribution in [3.63, 3.8) is 0 Å². The van der Waals surface area contributed by atoms with E-state index in [1.165, 1.54) is 0 Å². The van der Waals surface area contributed by atoms with Crippen molar-refractivity contribution in [3.8, 4) is 6.07 Å². The first kappa shape index (κ1) is 21.4. The maximum atomic E-state index is 12.7. The van der Waals surface area contributed by atoms with Crippen LogP contribution in [0.5, 0.6) is 0 Å². The molecule has 0 saturated carbocycles. The third kappa shape index (κ3) is 4.32. The number of benzene rings is 3.